The van der Waals surface area contributed by atoms with Crippen molar-refractivity contribution in [3.8, 4) is 5.75 Å². The molecule has 0 unspecified atom stereocenters. The summed E-state index contributed by atoms with van der Waals surface area (Å²) in [6.45, 7) is 1.54. The molecule has 2 aromatic rings. The molecule has 0 spiro atoms. The van der Waals surface area contributed by atoms with Crippen LogP contribution in [0.4, 0.5) is 24.5 Å². The van der Waals surface area contributed by atoms with Crippen LogP contribution in [0.25, 0.3) is 0 Å². The van der Waals surface area contributed by atoms with Gasteiger partial charge in [0, 0.05) is 28.9 Å². The molecule has 5 N–H and O–H groups in total. The zero-order valence-corrected chi connectivity index (χ0v) is 20.3. The third kappa shape index (κ3) is 6.90. The lowest BCUT2D eigenvalue weighted by Gasteiger charge is -2.20. The number of aromatic hydroxyl groups is 1. The van der Waals surface area contributed by atoms with Gasteiger partial charge < -0.3 is 30.7 Å². The number of nitrogens with two attached hydrogens (primary N) is 1. The predicted molar refractivity (Wildman–Crippen MR) is 128 cm³/mol. The zero-order chi connectivity index (χ0) is 28.8. The number of halogens is 3. The number of nitrogens with one attached hydrogen (secondary N) is 1. The Balaban J connectivity index is 0.000000638. The molecule has 0 saturated carbocycles. The summed E-state index contributed by atoms with van der Waals surface area (Å²) in [5.74, 6) is -4.69. The maximum absolute atomic E-state index is 12.8. The lowest BCUT2D eigenvalue weighted by molar-refractivity contribution is -0.192. The molecule has 13 heteroatoms. The van der Waals surface area contributed by atoms with E-state index in [2.05, 4.69) is 5.32 Å². The number of carbonyl (C=O) groups excluding carboxylic acids is 3. The molecule has 0 saturated heterocycles. The number of nitrogen functional groups attached to an aromatic ring is 1. The van der Waals surface area contributed by atoms with Gasteiger partial charge in [-0.05, 0) is 48.9 Å². The Morgan fingerprint density at radius 2 is 1.50 bits per heavy atom. The number of anilines is 2. The van der Waals surface area contributed by atoms with Gasteiger partial charge in [-0.3, -0.25) is 14.4 Å². The number of aliphatic carboxylic acids is 1. The average molecular weight is 536 g/mol. The normalized spacial score (nSPS) is 13.5. The fourth-order valence-corrected chi connectivity index (χ4v) is 3.25. The van der Waals surface area contributed by atoms with Crippen LogP contribution in [0.5, 0.6) is 5.75 Å². The number of Topliss-reactive ketones (excluding diaryl/α,β-unsaturated/α-hetero) is 2. The van der Waals surface area contributed by atoms with Gasteiger partial charge >= 0.3 is 12.1 Å². The largest absolute Gasteiger partial charge is 0.507 e. The monoisotopic (exact) mass is 536 g/mol. The number of hydrogen-bond donors (Lipinski definition) is 4. The molecule has 10 nitrogen and oxygen atoms in total. The number of ether oxygens (including phenoxy) is 2. The fraction of sp³-hybridized carbons (Fsp3) is 0.200. The number of carboxylic acids is 1. The number of allylic oxidation sites excluding steroid dienone is 2. The van der Waals surface area contributed by atoms with Crippen LogP contribution < -0.4 is 11.1 Å². The van der Waals surface area contributed by atoms with Crippen LogP contribution in [-0.2, 0) is 30.3 Å². The van der Waals surface area contributed by atoms with Crippen molar-refractivity contribution in [2.24, 2.45) is 0 Å². The number of rotatable bonds is 6. The molecule has 1 aliphatic rings. The number of phenolic OH excluding ortho intramolecular Hbond substituents is 1. The molecule has 0 atom stereocenters. The van der Waals surface area contributed by atoms with Crippen LogP contribution in [0.2, 0.25) is 0 Å². The highest BCUT2D eigenvalue weighted by Crippen LogP contribution is 2.29. The number of amides is 1. The lowest BCUT2D eigenvalue weighted by Crippen LogP contribution is -2.26. The second kappa shape index (κ2) is 12.0. The molecule has 2 aromatic carbocycles. The smallest absolute Gasteiger partial charge is 0.490 e. The number of hydrogen-bond acceptors (Lipinski definition) is 8. The Morgan fingerprint density at radius 3 is 2.00 bits per heavy atom. The summed E-state index contributed by atoms with van der Waals surface area (Å²) in [5, 5.41) is 20.0. The average Bonchev–Trinajstić information content (AvgIpc) is 2.86. The van der Waals surface area contributed by atoms with Crippen molar-refractivity contribution in [3.05, 3.63) is 76.3 Å². The van der Waals surface area contributed by atoms with Crippen molar-refractivity contribution >= 4 is 34.8 Å². The van der Waals surface area contributed by atoms with Crippen molar-refractivity contribution in [2.45, 2.75) is 19.5 Å². The van der Waals surface area contributed by atoms with E-state index >= 15 is 0 Å². The van der Waals surface area contributed by atoms with Gasteiger partial charge in [0.15, 0.2) is 0 Å². The Kier molecular flexibility index (Phi) is 9.25. The minimum Gasteiger partial charge on any atom is -0.507 e. The molecule has 202 valence electrons. The van der Waals surface area contributed by atoms with E-state index in [-0.39, 0.29) is 40.4 Å². The number of carbonyl (C=O) groups is 4. The van der Waals surface area contributed by atoms with E-state index in [0.29, 0.717) is 16.9 Å². The number of carboxylic acid groups (broad SMARTS) is 1. The third-order valence-corrected chi connectivity index (χ3v) is 5.19. The Morgan fingerprint density at radius 1 is 0.974 bits per heavy atom. The molecule has 0 fully saturated rings. The lowest BCUT2D eigenvalue weighted by atomic mass is 9.88. The van der Waals surface area contributed by atoms with Crippen LogP contribution in [0, 0.1) is 0 Å². The highest BCUT2D eigenvalue weighted by atomic mass is 19.4. The summed E-state index contributed by atoms with van der Waals surface area (Å²) in [7, 11) is 2.59. The van der Waals surface area contributed by atoms with Crippen molar-refractivity contribution in [3.63, 3.8) is 0 Å². The van der Waals surface area contributed by atoms with E-state index in [0.717, 1.165) is 0 Å². The number of alkyl halides is 3. The van der Waals surface area contributed by atoms with E-state index in [1.165, 1.54) is 33.3 Å². The van der Waals surface area contributed by atoms with Crippen LogP contribution in [0.15, 0.2) is 65.1 Å². The summed E-state index contributed by atoms with van der Waals surface area (Å²) in [5.41, 5.74) is 7.77. The molecule has 38 heavy (non-hydrogen) atoms. The van der Waals surface area contributed by atoms with E-state index < -0.39 is 29.6 Å². The van der Waals surface area contributed by atoms with Crippen molar-refractivity contribution in [1.82, 2.24) is 0 Å². The second-order valence-corrected chi connectivity index (χ2v) is 7.74. The number of benzene rings is 2. The molecule has 1 aliphatic carbocycles. The van der Waals surface area contributed by atoms with E-state index in [4.69, 9.17) is 25.1 Å². The SMILES string of the molecule is COC1=C(OC)C(=O)C(Cc2ccc(O)c(C(=O)Nc3ccc(N)cc3)c2)=C(C)C1=O.O=C(O)C(F)(F)F. The molecule has 3 rings (SSSR count). The minimum atomic E-state index is -5.08. The highest BCUT2D eigenvalue weighted by Gasteiger charge is 2.38. The Bertz CT molecular complexity index is 1330. The maximum Gasteiger partial charge on any atom is 0.490 e. The first-order valence-corrected chi connectivity index (χ1v) is 10.6. The van der Waals surface area contributed by atoms with Gasteiger partial charge in [0.1, 0.15) is 5.75 Å². The quantitative estimate of drug-likeness (QED) is 0.320. The number of ketones is 2. The van der Waals surface area contributed by atoms with Gasteiger partial charge in [0.05, 0.1) is 19.8 Å². The van der Waals surface area contributed by atoms with Crippen molar-refractivity contribution in [1.29, 1.82) is 0 Å². The van der Waals surface area contributed by atoms with E-state index in [1.807, 2.05) is 0 Å². The standard InChI is InChI=1S/C23H22N2O6.C2HF3O2/c1-12-16(20(28)22(31-3)21(30-2)19(12)27)10-13-4-9-18(26)17(11-13)23(29)25-15-7-5-14(24)6-8-15;3-2(4,5)1(6)7/h4-9,11,26H,10,24H2,1-3H3,(H,25,29);(H,6,7). The zero-order valence-electron chi connectivity index (χ0n) is 20.3. The fourth-order valence-electron chi connectivity index (χ4n) is 3.25. The van der Waals surface area contributed by atoms with Gasteiger partial charge in [0.2, 0.25) is 23.1 Å². The summed E-state index contributed by atoms with van der Waals surface area (Å²) >= 11 is 0. The van der Waals surface area contributed by atoms with Crippen LogP contribution in [0.3, 0.4) is 0 Å². The summed E-state index contributed by atoms with van der Waals surface area (Å²) in [6.07, 6.45) is -5.01. The van der Waals surface area contributed by atoms with Crippen LogP contribution in [-0.4, -0.2) is 54.1 Å². The van der Waals surface area contributed by atoms with E-state index in [1.54, 1.807) is 30.3 Å². The molecule has 0 aromatic heterocycles. The van der Waals surface area contributed by atoms with Gasteiger partial charge in [-0.15, -0.1) is 0 Å². The topological polar surface area (TPSA) is 165 Å². The summed E-state index contributed by atoms with van der Waals surface area (Å²) in [6, 6.07) is 11.0. The molecular formula is C25H23F3N2O8. The van der Waals surface area contributed by atoms with Crippen molar-refractivity contribution in [2.75, 3.05) is 25.3 Å². The van der Waals surface area contributed by atoms with Gasteiger partial charge in [-0.1, -0.05) is 6.07 Å². The number of phenols is 1. The maximum atomic E-state index is 12.8. The minimum absolute atomic E-state index is 0.0299. The van der Waals surface area contributed by atoms with E-state index in [9.17, 15) is 32.7 Å². The molecule has 0 bridgehead atoms. The second-order valence-electron chi connectivity index (χ2n) is 7.74. The van der Waals surface area contributed by atoms with Crippen LogP contribution >= 0.6 is 0 Å². The summed E-state index contributed by atoms with van der Waals surface area (Å²) in [4.78, 5) is 46.9. The Hall–Kier alpha value is -4.81. The van der Waals surface area contributed by atoms with Crippen molar-refractivity contribution < 1.29 is 52.0 Å². The molecule has 0 heterocycles. The molecule has 0 aliphatic heterocycles. The van der Waals surface area contributed by atoms with Gasteiger partial charge in [-0.2, -0.15) is 13.2 Å². The first-order chi connectivity index (χ1) is 17.7. The first kappa shape index (κ1) is 29.4. The highest BCUT2D eigenvalue weighted by molar-refractivity contribution is 6.23. The predicted octanol–water partition coefficient (Wildman–Crippen LogP) is 3.38. The molecular weight excluding hydrogens is 513 g/mol. The summed E-state index contributed by atoms with van der Waals surface area (Å²) < 4.78 is 41.9. The molecule has 1 amide bonds. The third-order valence-electron chi connectivity index (χ3n) is 5.19. The molecule has 0 radical (unpaired) electrons. The Labute approximate surface area is 214 Å². The van der Waals surface area contributed by atoms with Crippen LogP contribution in [0.1, 0.15) is 22.8 Å². The van der Waals surface area contributed by atoms with Gasteiger partial charge in [0.25, 0.3) is 5.91 Å². The first-order valence-electron chi connectivity index (χ1n) is 10.6. The van der Waals surface area contributed by atoms with Gasteiger partial charge in [-0.25, -0.2) is 4.79 Å². The number of methoxy groups -OCH3 is 2.